The summed E-state index contributed by atoms with van der Waals surface area (Å²) in [6, 6.07) is 6.41. The molecule has 49 heavy (non-hydrogen) atoms. The highest BCUT2D eigenvalue weighted by Crippen LogP contribution is 2.41. The van der Waals surface area contributed by atoms with Gasteiger partial charge in [0.15, 0.2) is 0 Å². The minimum absolute atomic E-state index is 0.172. The normalized spacial score (nSPS) is 21.6. The first-order valence-corrected chi connectivity index (χ1v) is 15.8. The summed E-state index contributed by atoms with van der Waals surface area (Å²) >= 11 is 0. The van der Waals surface area contributed by atoms with Crippen molar-refractivity contribution in [1.82, 2.24) is 9.55 Å². The number of carbonyl (C=O) groups is 1. The van der Waals surface area contributed by atoms with Crippen LogP contribution in [0, 0.1) is 5.41 Å². The number of carbonyl (C=O) groups excluding carboxylic acids is 1. The first-order chi connectivity index (χ1) is 22.9. The molecule has 1 aliphatic carbocycles. The first-order valence-electron chi connectivity index (χ1n) is 15.8. The van der Waals surface area contributed by atoms with Gasteiger partial charge in [-0.05, 0) is 80.9 Å². The highest BCUT2D eigenvalue weighted by atomic mass is 19.4. The molecule has 3 atom stereocenters. The third kappa shape index (κ3) is 11.3. The molecule has 10 nitrogen and oxygen atoms in total. The molecule has 0 unspecified atom stereocenters. The Labute approximate surface area is 283 Å². The average Bonchev–Trinajstić information content (AvgIpc) is 3.37. The fraction of sp³-hybridized carbons (Fsp3) is 0.417. The molecule has 5 N–H and O–H groups in total. The van der Waals surface area contributed by atoms with Crippen LogP contribution in [0.1, 0.15) is 72.1 Å². The van der Waals surface area contributed by atoms with Crippen LogP contribution in [-0.4, -0.2) is 54.7 Å². The molecule has 0 bridgehead atoms. The minimum atomic E-state index is -4.89. The maximum Gasteiger partial charge on any atom is 0.423 e. The number of aromatic nitrogens is 2. The van der Waals surface area contributed by atoms with Crippen LogP contribution in [0.25, 0.3) is 0 Å². The standard InChI is InChI=1S/C26H33NO2.C10H11F3N2O5/c1-19(11-16-24-21(3)10-7-17-26(24,4)5)8-6-9-20(2)18-25(29)27-22-12-14-23(28)15-13-22;11-10(12,13)4-2-15(9(19)14-8(4)18)7-1-5(17)6(3-16)20-7/h6,8-9,11-16,18,28H,7,10,17H2,1-5H3,(H,27,29);2,5-7,16-17H,1,3H2,(H,14,18,19)/b9-6+,16-11+,19-8+,20-18+;/t;5-,6+,7+/m.0/s1. The molecule has 266 valence electrons. The van der Waals surface area contributed by atoms with Crippen molar-refractivity contribution in [3.05, 3.63) is 105 Å². The quantitative estimate of drug-likeness (QED) is 0.120. The van der Waals surface area contributed by atoms with Gasteiger partial charge in [0.1, 0.15) is 23.6 Å². The second kappa shape index (κ2) is 16.8. The number of halogens is 3. The number of hydrogen-bond donors (Lipinski definition) is 5. The number of nitrogens with zero attached hydrogens (tertiary/aromatic N) is 2. The number of aliphatic hydroxyl groups is 2. The Bertz CT molecular complexity index is 1690. The Kier molecular flexibility index (Phi) is 13.3. The number of amides is 1. The number of phenols is 1. The SMILES string of the molecule is CC1=C(/C=C/C(C)=C/C=C/C(C)=C/C(=O)Nc2ccc(O)cc2)C(C)(C)CCC1.O=c1nc(O)c(C(F)(F)F)cn1[C@H]1C[C@H](O)[C@@H](CO)O1. The van der Waals surface area contributed by atoms with E-state index in [2.05, 4.69) is 56.2 Å². The van der Waals surface area contributed by atoms with E-state index in [1.165, 1.54) is 36.0 Å². The zero-order chi connectivity index (χ0) is 36.5. The van der Waals surface area contributed by atoms with Crippen molar-refractivity contribution in [2.24, 2.45) is 5.41 Å². The molecule has 1 saturated heterocycles. The Balaban J connectivity index is 0.000000284. The average molecular weight is 688 g/mol. The summed E-state index contributed by atoms with van der Waals surface area (Å²) in [7, 11) is 0. The molecule has 1 amide bonds. The van der Waals surface area contributed by atoms with E-state index in [0.717, 1.165) is 5.57 Å². The number of hydrogen-bond acceptors (Lipinski definition) is 8. The summed E-state index contributed by atoms with van der Waals surface area (Å²) in [5.74, 6) is -1.44. The zero-order valence-electron chi connectivity index (χ0n) is 28.2. The van der Waals surface area contributed by atoms with Crippen molar-refractivity contribution < 1.29 is 43.1 Å². The van der Waals surface area contributed by atoms with Crippen molar-refractivity contribution in [2.75, 3.05) is 11.9 Å². The number of nitrogens with one attached hydrogen (secondary N) is 1. The maximum absolute atomic E-state index is 12.6. The lowest BCUT2D eigenvalue weighted by Crippen LogP contribution is -2.29. The van der Waals surface area contributed by atoms with Crippen molar-refractivity contribution in [2.45, 2.75) is 84.9 Å². The fourth-order valence-electron chi connectivity index (χ4n) is 5.53. The topological polar surface area (TPSA) is 154 Å². The van der Waals surface area contributed by atoms with Gasteiger partial charge in [-0.3, -0.25) is 9.36 Å². The largest absolute Gasteiger partial charge is 0.508 e. The van der Waals surface area contributed by atoms with Crippen molar-refractivity contribution in [3.8, 4) is 11.6 Å². The van der Waals surface area contributed by atoms with Crippen LogP contribution in [0.4, 0.5) is 18.9 Å². The molecular formula is C36H44F3N3O7. The van der Waals surface area contributed by atoms with Gasteiger partial charge < -0.3 is 30.5 Å². The van der Waals surface area contributed by atoms with E-state index in [1.807, 2.05) is 19.1 Å². The molecule has 2 aromatic rings. The number of benzene rings is 1. The summed E-state index contributed by atoms with van der Waals surface area (Å²) in [5.41, 5.74) is 3.26. The molecule has 2 aliphatic rings. The molecule has 0 saturated carbocycles. The minimum Gasteiger partial charge on any atom is -0.508 e. The Morgan fingerprint density at radius 3 is 2.41 bits per heavy atom. The summed E-state index contributed by atoms with van der Waals surface area (Å²) in [6.07, 6.45) is 7.67. The van der Waals surface area contributed by atoms with Crippen molar-refractivity contribution in [3.63, 3.8) is 0 Å². The molecule has 2 heterocycles. The summed E-state index contributed by atoms with van der Waals surface area (Å²) in [5, 5.41) is 39.5. The van der Waals surface area contributed by atoms with Crippen LogP contribution < -0.4 is 11.0 Å². The van der Waals surface area contributed by atoms with Gasteiger partial charge in [0.2, 0.25) is 11.8 Å². The fourth-order valence-corrected chi connectivity index (χ4v) is 5.53. The van der Waals surface area contributed by atoms with Gasteiger partial charge in [0.05, 0.1) is 12.7 Å². The number of ether oxygens (including phenoxy) is 1. The Morgan fingerprint density at radius 1 is 1.14 bits per heavy atom. The van der Waals surface area contributed by atoms with Gasteiger partial charge in [0.25, 0.3) is 0 Å². The summed E-state index contributed by atoms with van der Waals surface area (Å²) < 4.78 is 43.5. The third-order valence-electron chi connectivity index (χ3n) is 8.20. The number of aromatic hydroxyl groups is 2. The van der Waals surface area contributed by atoms with Crippen molar-refractivity contribution >= 4 is 11.6 Å². The third-order valence-corrected chi connectivity index (χ3v) is 8.20. The highest BCUT2D eigenvalue weighted by molar-refractivity contribution is 6.00. The predicted molar refractivity (Wildman–Crippen MR) is 180 cm³/mol. The molecule has 1 aromatic heterocycles. The number of anilines is 1. The molecule has 0 radical (unpaired) electrons. The predicted octanol–water partition coefficient (Wildman–Crippen LogP) is 6.47. The van der Waals surface area contributed by atoms with Gasteiger partial charge in [-0.25, -0.2) is 4.79 Å². The van der Waals surface area contributed by atoms with E-state index in [9.17, 15) is 33.0 Å². The van der Waals surface area contributed by atoms with Gasteiger partial charge in [0, 0.05) is 24.4 Å². The van der Waals surface area contributed by atoms with Crippen molar-refractivity contribution in [1.29, 1.82) is 0 Å². The lowest BCUT2D eigenvalue weighted by atomic mass is 9.72. The van der Waals surface area contributed by atoms with Crippen LogP contribution in [0.5, 0.6) is 11.6 Å². The molecule has 1 aliphatic heterocycles. The second-order valence-electron chi connectivity index (χ2n) is 12.7. The maximum atomic E-state index is 12.6. The lowest BCUT2D eigenvalue weighted by Gasteiger charge is -2.32. The smallest absolute Gasteiger partial charge is 0.423 e. The molecule has 13 heteroatoms. The van der Waals surface area contributed by atoms with Crippen LogP contribution >= 0.6 is 0 Å². The Hall–Kier alpha value is -4.46. The number of allylic oxidation sites excluding steroid dienone is 9. The summed E-state index contributed by atoms with van der Waals surface area (Å²) in [4.78, 5) is 26.4. The van der Waals surface area contributed by atoms with E-state index in [1.54, 1.807) is 30.3 Å². The zero-order valence-corrected chi connectivity index (χ0v) is 28.2. The van der Waals surface area contributed by atoms with E-state index < -0.39 is 48.4 Å². The van der Waals surface area contributed by atoms with E-state index in [4.69, 9.17) is 14.9 Å². The molecule has 1 fully saturated rings. The molecular weight excluding hydrogens is 643 g/mol. The summed E-state index contributed by atoms with van der Waals surface area (Å²) in [6.45, 7) is 10.3. The second-order valence-corrected chi connectivity index (χ2v) is 12.7. The molecule has 1 aromatic carbocycles. The Morgan fingerprint density at radius 2 is 1.82 bits per heavy atom. The van der Waals surface area contributed by atoms with Crippen LogP contribution in [0.2, 0.25) is 0 Å². The number of rotatable bonds is 8. The number of alkyl halides is 3. The van der Waals surface area contributed by atoms with Gasteiger partial charge in [-0.15, -0.1) is 0 Å². The monoisotopic (exact) mass is 687 g/mol. The van der Waals surface area contributed by atoms with E-state index >= 15 is 0 Å². The van der Waals surface area contributed by atoms with Crippen LogP contribution in [0.3, 0.4) is 0 Å². The number of phenolic OH excluding ortho intramolecular Hbond substituents is 1. The van der Waals surface area contributed by atoms with Crippen LogP contribution in [-0.2, 0) is 15.7 Å². The van der Waals surface area contributed by atoms with E-state index in [-0.39, 0.29) is 23.5 Å². The molecule has 4 rings (SSSR count). The first kappa shape index (κ1) is 39.0. The van der Waals surface area contributed by atoms with E-state index in [0.29, 0.717) is 16.5 Å². The molecule has 0 spiro atoms. The van der Waals surface area contributed by atoms with Gasteiger partial charge in [-0.2, -0.15) is 18.2 Å². The highest BCUT2D eigenvalue weighted by Gasteiger charge is 2.39. The lowest BCUT2D eigenvalue weighted by molar-refractivity contribution is -0.140. The van der Waals surface area contributed by atoms with Crippen LogP contribution in [0.15, 0.2) is 94.0 Å². The van der Waals surface area contributed by atoms with Gasteiger partial charge >= 0.3 is 11.9 Å². The number of aliphatic hydroxyl groups excluding tert-OH is 2. The van der Waals surface area contributed by atoms with Gasteiger partial charge in [-0.1, -0.05) is 55.4 Å².